The zero-order valence-electron chi connectivity index (χ0n) is 9.54. The highest BCUT2D eigenvalue weighted by Crippen LogP contribution is 2.40. The topological polar surface area (TPSA) is 34.1 Å². The maximum atomic E-state index is 12.4. The number of anilines is 1. The van der Waals surface area contributed by atoms with Gasteiger partial charge < -0.3 is 10.1 Å². The van der Waals surface area contributed by atoms with Crippen LogP contribution in [0.5, 0.6) is 0 Å². The van der Waals surface area contributed by atoms with Gasteiger partial charge in [0, 0.05) is 12.0 Å². The number of rotatable bonds is 3. The third kappa shape index (κ3) is 2.47. The fourth-order valence-corrected chi connectivity index (χ4v) is 3.06. The van der Waals surface area contributed by atoms with E-state index in [-0.39, 0.29) is 12.1 Å². The minimum absolute atomic E-state index is 0.102. The lowest BCUT2D eigenvalue weighted by Crippen LogP contribution is -2.30. The van der Waals surface area contributed by atoms with E-state index in [4.69, 9.17) is 4.74 Å². The minimum atomic E-state index is -4.36. The molecule has 1 saturated carbocycles. The molecule has 0 bridgehead atoms. The van der Waals surface area contributed by atoms with Gasteiger partial charge >= 0.3 is 6.18 Å². The predicted molar refractivity (Wildman–Crippen MR) is 61.6 cm³/mol. The second-order valence-electron chi connectivity index (χ2n) is 4.75. The van der Waals surface area contributed by atoms with Gasteiger partial charge in [-0.15, -0.1) is 11.3 Å². The lowest BCUT2D eigenvalue weighted by molar-refractivity contribution is -0.140. The highest BCUT2D eigenvalue weighted by Gasteiger charge is 2.41. The van der Waals surface area contributed by atoms with Gasteiger partial charge in [0.15, 0.2) is 10.8 Å². The van der Waals surface area contributed by atoms with E-state index in [2.05, 4.69) is 10.3 Å². The molecule has 3 rings (SSSR count). The van der Waals surface area contributed by atoms with Crippen molar-refractivity contribution in [3.63, 3.8) is 0 Å². The van der Waals surface area contributed by atoms with Gasteiger partial charge in [-0.05, 0) is 25.2 Å². The van der Waals surface area contributed by atoms with E-state index in [0.29, 0.717) is 17.7 Å². The van der Waals surface area contributed by atoms with Gasteiger partial charge in [0.1, 0.15) is 0 Å². The first-order chi connectivity index (χ1) is 8.54. The molecule has 2 fully saturated rings. The molecular formula is C11H13F3N2OS. The van der Waals surface area contributed by atoms with Gasteiger partial charge in [0.05, 0.1) is 12.1 Å². The second-order valence-corrected chi connectivity index (χ2v) is 5.61. The Balaban J connectivity index is 1.67. The third-order valence-electron chi connectivity index (χ3n) is 3.33. The molecule has 100 valence electrons. The molecule has 18 heavy (non-hydrogen) atoms. The summed E-state index contributed by atoms with van der Waals surface area (Å²) in [6.45, 7) is 0.677. The van der Waals surface area contributed by atoms with E-state index in [0.717, 1.165) is 36.0 Å². The number of halogens is 3. The average molecular weight is 278 g/mol. The Morgan fingerprint density at radius 2 is 2.11 bits per heavy atom. The number of nitrogens with one attached hydrogen (secondary N) is 1. The standard InChI is InChI=1S/C11H13F3N2OS/c12-11(13,14)8-5-18-10(16-8)15-7-3-4-17-9(7)6-1-2-6/h5-7,9H,1-4H2,(H,15,16)/t7-,9+/m1/s1. The largest absolute Gasteiger partial charge is 0.434 e. The molecule has 3 nitrogen and oxygen atoms in total. The van der Waals surface area contributed by atoms with Crippen LogP contribution in [-0.4, -0.2) is 23.7 Å². The highest BCUT2D eigenvalue weighted by atomic mass is 32.1. The summed E-state index contributed by atoms with van der Waals surface area (Å²) in [5.41, 5.74) is -0.822. The molecule has 7 heteroatoms. The van der Waals surface area contributed by atoms with Gasteiger partial charge in [-0.2, -0.15) is 13.2 Å². The zero-order valence-corrected chi connectivity index (χ0v) is 10.4. The molecule has 0 aromatic carbocycles. The SMILES string of the molecule is FC(F)(F)c1csc(N[C@@H]2CCO[C@H]2C2CC2)n1. The Kier molecular flexibility index (Phi) is 2.97. The van der Waals surface area contributed by atoms with Crippen molar-refractivity contribution in [1.82, 2.24) is 4.98 Å². The van der Waals surface area contributed by atoms with Crippen molar-refractivity contribution in [3.8, 4) is 0 Å². The first-order valence-corrected chi connectivity index (χ1v) is 6.83. The van der Waals surface area contributed by atoms with Crippen LogP contribution >= 0.6 is 11.3 Å². The smallest absolute Gasteiger partial charge is 0.376 e. The monoisotopic (exact) mass is 278 g/mol. The fourth-order valence-electron chi connectivity index (χ4n) is 2.28. The summed E-state index contributed by atoms with van der Waals surface area (Å²) < 4.78 is 42.9. The first kappa shape index (κ1) is 12.2. The van der Waals surface area contributed by atoms with Gasteiger partial charge in [0.25, 0.3) is 0 Å². The number of hydrogen-bond donors (Lipinski definition) is 1. The van der Waals surface area contributed by atoms with Gasteiger partial charge in [-0.3, -0.25) is 0 Å². The van der Waals surface area contributed by atoms with E-state index in [9.17, 15) is 13.2 Å². The van der Waals surface area contributed by atoms with Gasteiger partial charge in [-0.25, -0.2) is 4.98 Å². The summed E-state index contributed by atoms with van der Waals surface area (Å²) in [6, 6.07) is 0.102. The number of nitrogens with zero attached hydrogens (tertiary/aromatic N) is 1. The summed E-state index contributed by atoms with van der Waals surface area (Å²) >= 11 is 1.000. The molecule has 1 aliphatic heterocycles. The minimum Gasteiger partial charge on any atom is -0.376 e. The highest BCUT2D eigenvalue weighted by molar-refractivity contribution is 7.13. The molecule has 0 unspecified atom stereocenters. The molecular weight excluding hydrogens is 265 g/mol. The Hall–Kier alpha value is -0.820. The summed E-state index contributed by atoms with van der Waals surface area (Å²) in [7, 11) is 0. The molecule has 1 saturated heterocycles. The van der Waals surface area contributed by atoms with Crippen LogP contribution in [0.1, 0.15) is 25.0 Å². The summed E-state index contributed by atoms with van der Waals surface area (Å²) in [4.78, 5) is 3.59. The van der Waals surface area contributed by atoms with Crippen LogP contribution in [0.2, 0.25) is 0 Å². The van der Waals surface area contributed by atoms with Crippen LogP contribution in [-0.2, 0) is 10.9 Å². The van der Waals surface area contributed by atoms with Crippen molar-refractivity contribution in [3.05, 3.63) is 11.1 Å². The number of alkyl halides is 3. The molecule has 1 aromatic heterocycles. The Morgan fingerprint density at radius 1 is 1.33 bits per heavy atom. The van der Waals surface area contributed by atoms with E-state index < -0.39 is 11.9 Å². The number of ether oxygens (including phenoxy) is 1. The normalized spacial score (nSPS) is 28.6. The van der Waals surface area contributed by atoms with Crippen LogP contribution in [0.4, 0.5) is 18.3 Å². The third-order valence-corrected chi connectivity index (χ3v) is 4.10. The lowest BCUT2D eigenvalue weighted by atomic mass is 10.1. The van der Waals surface area contributed by atoms with Crippen molar-refractivity contribution in [2.24, 2.45) is 5.92 Å². The summed E-state index contributed by atoms with van der Waals surface area (Å²) in [5.74, 6) is 0.576. The molecule has 0 radical (unpaired) electrons. The maximum absolute atomic E-state index is 12.4. The van der Waals surface area contributed by atoms with Crippen molar-refractivity contribution < 1.29 is 17.9 Å². The first-order valence-electron chi connectivity index (χ1n) is 5.95. The number of aromatic nitrogens is 1. The second kappa shape index (κ2) is 4.38. The van der Waals surface area contributed by atoms with Crippen molar-refractivity contribution >= 4 is 16.5 Å². The Morgan fingerprint density at radius 3 is 2.72 bits per heavy atom. The van der Waals surface area contributed by atoms with Gasteiger partial charge in [-0.1, -0.05) is 0 Å². The molecule has 2 atom stereocenters. The Labute approximate surface area is 106 Å². The van der Waals surface area contributed by atoms with Crippen LogP contribution in [0.3, 0.4) is 0 Å². The summed E-state index contributed by atoms with van der Waals surface area (Å²) in [5, 5.41) is 4.47. The van der Waals surface area contributed by atoms with Gasteiger partial charge in [0.2, 0.25) is 0 Å². The summed E-state index contributed by atoms with van der Waals surface area (Å²) in [6.07, 6.45) is -1.06. The molecule has 2 heterocycles. The van der Waals surface area contributed by atoms with E-state index in [1.807, 2.05) is 0 Å². The van der Waals surface area contributed by atoms with E-state index in [1.54, 1.807) is 0 Å². The molecule has 1 N–H and O–H groups in total. The molecule has 2 aliphatic rings. The molecule has 0 spiro atoms. The van der Waals surface area contributed by atoms with Crippen molar-refractivity contribution in [1.29, 1.82) is 0 Å². The van der Waals surface area contributed by atoms with Crippen molar-refractivity contribution in [2.75, 3.05) is 11.9 Å². The predicted octanol–water partition coefficient (Wildman–Crippen LogP) is 3.14. The van der Waals surface area contributed by atoms with E-state index >= 15 is 0 Å². The number of thiazole rings is 1. The van der Waals surface area contributed by atoms with Crippen LogP contribution in [0, 0.1) is 5.92 Å². The van der Waals surface area contributed by atoms with E-state index in [1.165, 1.54) is 0 Å². The average Bonchev–Trinajstić information content (AvgIpc) is 2.85. The fraction of sp³-hybridized carbons (Fsp3) is 0.727. The lowest BCUT2D eigenvalue weighted by Gasteiger charge is -2.18. The molecule has 1 aromatic rings. The zero-order chi connectivity index (χ0) is 12.8. The molecule has 1 aliphatic carbocycles. The van der Waals surface area contributed by atoms with Crippen LogP contribution < -0.4 is 5.32 Å². The maximum Gasteiger partial charge on any atom is 0.434 e. The van der Waals surface area contributed by atoms with Crippen LogP contribution in [0.15, 0.2) is 5.38 Å². The number of hydrogen-bond acceptors (Lipinski definition) is 4. The quantitative estimate of drug-likeness (QED) is 0.922. The molecule has 0 amide bonds. The van der Waals surface area contributed by atoms with Crippen molar-refractivity contribution in [2.45, 2.75) is 37.6 Å². The Bertz CT molecular complexity index is 430. The van der Waals surface area contributed by atoms with Crippen LogP contribution in [0.25, 0.3) is 0 Å².